The maximum absolute atomic E-state index is 5.19. The summed E-state index contributed by atoms with van der Waals surface area (Å²) in [7, 11) is 1.66. The number of aryl methyl sites for hydroxylation is 1. The van der Waals surface area contributed by atoms with Crippen molar-refractivity contribution in [1.29, 1.82) is 0 Å². The van der Waals surface area contributed by atoms with Gasteiger partial charge in [-0.25, -0.2) is 0 Å². The summed E-state index contributed by atoms with van der Waals surface area (Å²) < 4.78 is 5.19. The van der Waals surface area contributed by atoms with E-state index in [1.165, 1.54) is 5.56 Å². The summed E-state index contributed by atoms with van der Waals surface area (Å²) >= 11 is 0. The summed E-state index contributed by atoms with van der Waals surface area (Å²) in [4.78, 5) is 4.15. The zero-order valence-corrected chi connectivity index (χ0v) is 12.6. The molecule has 0 fully saturated rings. The van der Waals surface area contributed by atoms with Gasteiger partial charge in [-0.05, 0) is 42.8 Å². The number of ether oxygens (including phenoxy) is 1. The molecule has 3 rings (SSSR count). The predicted octanol–water partition coefficient (Wildman–Crippen LogP) is 3.40. The molecule has 3 aromatic rings. The van der Waals surface area contributed by atoms with E-state index in [1.54, 1.807) is 13.3 Å². The molecule has 0 aliphatic heterocycles. The van der Waals surface area contributed by atoms with Gasteiger partial charge in [-0.1, -0.05) is 0 Å². The lowest BCUT2D eigenvalue weighted by Crippen LogP contribution is -2.01. The molecule has 2 aromatic heterocycles. The lowest BCUT2D eigenvalue weighted by molar-refractivity contribution is 0.415. The maximum Gasteiger partial charge on any atom is 0.118 e. The molecule has 1 aromatic carbocycles. The third kappa shape index (κ3) is 2.93. The number of hydrogen-bond donors (Lipinski definition) is 2. The Morgan fingerprint density at radius 3 is 2.68 bits per heavy atom. The molecule has 0 spiro atoms. The lowest BCUT2D eigenvalue weighted by Gasteiger charge is -2.09. The fraction of sp³-hybridized carbons (Fsp3) is 0.176. The molecule has 2 N–H and O–H groups in total. The molecule has 22 heavy (non-hydrogen) atoms. The van der Waals surface area contributed by atoms with E-state index < -0.39 is 0 Å². The van der Waals surface area contributed by atoms with E-state index in [0.717, 1.165) is 28.3 Å². The zero-order valence-electron chi connectivity index (χ0n) is 12.6. The molecule has 0 aliphatic rings. The molecular formula is C17H18N4O. The molecule has 0 bridgehead atoms. The molecule has 5 heteroatoms. The first-order valence-corrected chi connectivity index (χ1v) is 7.09. The molecule has 0 aliphatic carbocycles. The van der Waals surface area contributed by atoms with Crippen molar-refractivity contribution >= 4 is 5.69 Å². The second-order valence-corrected chi connectivity index (χ2v) is 5.04. The Kier molecular flexibility index (Phi) is 4.05. The zero-order chi connectivity index (χ0) is 15.4. The minimum absolute atomic E-state index is 0.685. The molecular weight excluding hydrogens is 276 g/mol. The Hall–Kier alpha value is -2.82. The first-order chi connectivity index (χ1) is 10.8. The molecule has 2 heterocycles. The predicted molar refractivity (Wildman–Crippen MR) is 86.9 cm³/mol. The monoisotopic (exact) mass is 294 g/mol. The van der Waals surface area contributed by atoms with Gasteiger partial charge in [-0.15, -0.1) is 0 Å². The van der Waals surface area contributed by atoms with Crippen molar-refractivity contribution < 1.29 is 4.74 Å². The smallest absolute Gasteiger partial charge is 0.118 e. The van der Waals surface area contributed by atoms with Crippen molar-refractivity contribution in [2.45, 2.75) is 13.5 Å². The van der Waals surface area contributed by atoms with Crippen LogP contribution in [-0.2, 0) is 6.54 Å². The van der Waals surface area contributed by atoms with E-state index in [-0.39, 0.29) is 0 Å². The number of anilines is 1. The van der Waals surface area contributed by atoms with Crippen LogP contribution in [0.4, 0.5) is 5.69 Å². The molecule has 5 nitrogen and oxygen atoms in total. The van der Waals surface area contributed by atoms with Gasteiger partial charge < -0.3 is 10.1 Å². The van der Waals surface area contributed by atoms with Crippen LogP contribution in [0.3, 0.4) is 0 Å². The quantitative estimate of drug-likeness (QED) is 0.757. The Bertz CT molecular complexity index is 749. The topological polar surface area (TPSA) is 62.8 Å². The first-order valence-electron chi connectivity index (χ1n) is 7.09. The highest BCUT2D eigenvalue weighted by atomic mass is 16.5. The Morgan fingerprint density at radius 1 is 1.14 bits per heavy atom. The van der Waals surface area contributed by atoms with Gasteiger partial charge in [0.25, 0.3) is 0 Å². The van der Waals surface area contributed by atoms with Crippen LogP contribution in [0.15, 0.2) is 48.9 Å². The van der Waals surface area contributed by atoms with Crippen molar-refractivity contribution in [3.63, 3.8) is 0 Å². The molecule has 0 atom stereocenters. The highest BCUT2D eigenvalue weighted by Gasteiger charge is 2.08. The number of nitrogens with one attached hydrogen (secondary N) is 2. The summed E-state index contributed by atoms with van der Waals surface area (Å²) in [5.41, 5.74) is 5.40. The standard InChI is InChI=1S/C17H18N4O/c1-12-7-8-18-11-16(12)19-9-14-10-20-21-17(14)13-3-5-15(22-2)6-4-13/h3-8,10-11,19H,9H2,1-2H3,(H,20,21). The van der Waals surface area contributed by atoms with Crippen molar-refractivity contribution in [2.24, 2.45) is 0 Å². The Balaban J connectivity index is 1.78. The number of benzene rings is 1. The van der Waals surface area contributed by atoms with Crippen LogP contribution in [0.25, 0.3) is 11.3 Å². The largest absolute Gasteiger partial charge is 0.497 e. The van der Waals surface area contributed by atoms with Crippen LogP contribution in [0.1, 0.15) is 11.1 Å². The number of aromatic nitrogens is 3. The van der Waals surface area contributed by atoms with Gasteiger partial charge >= 0.3 is 0 Å². The van der Waals surface area contributed by atoms with Crippen LogP contribution in [0, 0.1) is 6.92 Å². The van der Waals surface area contributed by atoms with Gasteiger partial charge in [0.2, 0.25) is 0 Å². The van der Waals surface area contributed by atoms with Crippen LogP contribution in [-0.4, -0.2) is 22.3 Å². The van der Waals surface area contributed by atoms with Gasteiger partial charge in [-0.3, -0.25) is 10.1 Å². The van der Waals surface area contributed by atoms with E-state index in [2.05, 4.69) is 27.4 Å². The summed E-state index contributed by atoms with van der Waals surface area (Å²) in [6, 6.07) is 9.91. The molecule has 0 saturated heterocycles. The normalized spacial score (nSPS) is 10.5. The summed E-state index contributed by atoms with van der Waals surface area (Å²) in [5.74, 6) is 0.842. The van der Waals surface area contributed by atoms with Gasteiger partial charge in [0.05, 0.1) is 30.9 Å². The second-order valence-electron chi connectivity index (χ2n) is 5.04. The molecule has 112 valence electrons. The molecule has 0 radical (unpaired) electrons. The molecule has 0 saturated carbocycles. The van der Waals surface area contributed by atoms with E-state index in [1.807, 2.05) is 42.7 Å². The molecule has 0 amide bonds. The van der Waals surface area contributed by atoms with Gasteiger partial charge in [0.15, 0.2) is 0 Å². The third-order valence-electron chi connectivity index (χ3n) is 3.60. The number of methoxy groups -OCH3 is 1. The lowest BCUT2D eigenvalue weighted by atomic mass is 10.1. The summed E-state index contributed by atoms with van der Waals surface area (Å²) in [6.07, 6.45) is 5.47. The van der Waals surface area contributed by atoms with E-state index >= 15 is 0 Å². The number of H-pyrrole nitrogens is 1. The average molecular weight is 294 g/mol. The average Bonchev–Trinajstić information content (AvgIpc) is 3.03. The first kappa shape index (κ1) is 14.1. The van der Waals surface area contributed by atoms with Crippen molar-refractivity contribution in [3.05, 3.63) is 60.0 Å². The number of pyridine rings is 1. The number of hydrogen-bond acceptors (Lipinski definition) is 4. The van der Waals surface area contributed by atoms with E-state index in [0.29, 0.717) is 6.54 Å². The highest BCUT2D eigenvalue weighted by Crippen LogP contribution is 2.24. The Labute approximate surface area is 129 Å². The second kappa shape index (κ2) is 6.30. The van der Waals surface area contributed by atoms with Crippen molar-refractivity contribution in [3.8, 4) is 17.0 Å². The molecule has 0 unspecified atom stereocenters. The van der Waals surface area contributed by atoms with Gasteiger partial charge in [-0.2, -0.15) is 5.10 Å². The van der Waals surface area contributed by atoms with Crippen LogP contribution in [0.5, 0.6) is 5.75 Å². The fourth-order valence-corrected chi connectivity index (χ4v) is 2.29. The van der Waals surface area contributed by atoms with Crippen molar-refractivity contribution in [1.82, 2.24) is 15.2 Å². The van der Waals surface area contributed by atoms with Crippen LogP contribution in [0.2, 0.25) is 0 Å². The van der Waals surface area contributed by atoms with E-state index in [4.69, 9.17) is 4.74 Å². The fourth-order valence-electron chi connectivity index (χ4n) is 2.29. The minimum Gasteiger partial charge on any atom is -0.497 e. The van der Waals surface area contributed by atoms with E-state index in [9.17, 15) is 0 Å². The highest BCUT2D eigenvalue weighted by molar-refractivity contribution is 5.64. The Morgan fingerprint density at radius 2 is 1.95 bits per heavy atom. The van der Waals surface area contributed by atoms with Crippen molar-refractivity contribution in [2.75, 3.05) is 12.4 Å². The summed E-state index contributed by atoms with van der Waals surface area (Å²) in [6.45, 7) is 2.74. The number of rotatable bonds is 5. The van der Waals surface area contributed by atoms with Crippen LogP contribution < -0.4 is 10.1 Å². The number of aromatic amines is 1. The SMILES string of the molecule is COc1ccc(-c2[nH]ncc2CNc2cnccc2C)cc1. The minimum atomic E-state index is 0.685. The number of nitrogens with zero attached hydrogens (tertiary/aromatic N) is 2. The van der Waals surface area contributed by atoms with Crippen LogP contribution >= 0.6 is 0 Å². The third-order valence-corrected chi connectivity index (χ3v) is 3.60. The maximum atomic E-state index is 5.19. The van der Waals surface area contributed by atoms with Gasteiger partial charge in [0.1, 0.15) is 5.75 Å². The summed E-state index contributed by atoms with van der Waals surface area (Å²) in [5, 5.41) is 10.6. The van der Waals surface area contributed by atoms with Gasteiger partial charge in [0, 0.05) is 23.9 Å².